The highest BCUT2D eigenvalue weighted by Crippen LogP contribution is 2.51. The summed E-state index contributed by atoms with van der Waals surface area (Å²) in [7, 11) is 0. The zero-order chi connectivity index (χ0) is 22.0. The minimum absolute atomic E-state index is 0.157. The Balaban J connectivity index is 1.49. The highest BCUT2D eigenvalue weighted by Gasteiger charge is 2.45. The lowest BCUT2D eigenvalue weighted by Crippen LogP contribution is -2.16. The lowest BCUT2D eigenvalue weighted by Gasteiger charge is -2.15. The summed E-state index contributed by atoms with van der Waals surface area (Å²) in [6, 6.07) is 17.5. The zero-order valence-electron chi connectivity index (χ0n) is 17.4. The normalized spacial score (nSPS) is 15.2. The Morgan fingerprint density at radius 2 is 1.84 bits per heavy atom. The number of aliphatic carboxylic acids is 1. The van der Waals surface area contributed by atoms with Gasteiger partial charge in [-0.05, 0) is 54.9 Å². The molecule has 0 aliphatic heterocycles. The number of nitrogens with one attached hydrogen (secondary N) is 1. The monoisotopic (exact) mass is 436 g/mol. The van der Waals surface area contributed by atoms with E-state index in [2.05, 4.69) is 9.69 Å². The fourth-order valence-electron chi connectivity index (χ4n) is 3.78. The summed E-state index contributed by atoms with van der Waals surface area (Å²) in [5.41, 5.74) is 4.01. The highest BCUT2D eigenvalue weighted by atomic mass is 32.1. The quantitative estimate of drug-likeness (QED) is 0.479. The van der Waals surface area contributed by atoms with E-state index < -0.39 is 12.1 Å². The average molecular weight is 437 g/mol. The number of aromatic nitrogens is 1. The molecule has 2 aromatic carbocycles. The zero-order valence-corrected chi connectivity index (χ0v) is 18.2. The molecule has 2 N–H and O–H groups in total. The van der Waals surface area contributed by atoms with Gasteiger partial charge in [0.15, 0.2) is 0 Å². The van der Waals surface area contributed by atoms with Crippen molar-refractivity contribution in [2.24, 2.45) is 0 Å². The van der Waals surface area contributed by atoms with E-state index in [-0.39, 0.29) is 17.9 Å². The second-order valence-electron chi connectivity index (χ2n) is 7.98. The summed E-state index contributed by atoms with van der Waals surface area (Å²) in [4.78, 5) is 24.5. The van der Waals surface area contributed by atoms with Crippen LogP contribution < -0.4 is 5.32 Å². The molecule has 3 aromatic rings. The topological polar surface area (TPSA) is 88.5 Å². The molecule has 0 saturated heterocycles. The summed E-state index contributed by atoms with van der Waals surface area (Å²) in [5.74, 6) is -0.769. The van der Waals surface area contributed by atoms with Crippen LogP contribution in [0.25, 0.3) is 10.4 Å². The molecule has 0 spiro atoms. The van der Waals surface area contributed by atoms with Gasteiger partial charge in [0.2, 0.25) is 0 Å². The number of anilines is 1. The third kappa shape index (κ3) is 4.61. The summed E-state index contributed by atoms with van der Waals surface area (Å²) in [6.07, 6.45) is 1.05. The molecule has 1 atom stereocenters. The highest BCUT2D eigenvalue weighted by molar-refractivity contribution is 7.10. The standard InChI is InChI=1S/C24H24N2O4S/c1-15-21(25-23(29)30-16(2)17-6-4-3-5-7-17)22(31-26-15)18-8-10-19(11-9-18)24(12-13-24)14-20(27)28/h3-11,16H,12-14H2,1-2H3,(H,25,29)(H,27,28)/t16-/m1/s1. The maximum atomic E-state index is 12.5. The van der Waals surface area contributed by atoms with Crippen LogP contribution in [-0.2, 0) is 14.9 Å². The van der Waals surface area contributed by atoms with Crippen molar-refractivity contribution in [3.05, 3.63) is 71.4 Å². The van der Waals surface area contributed by atoms with E-state index >= 15 is 0 Å². The predicted molar refractivity (Wildman–Crippen MR) is 120 cm³/mol. The summed E-state index contributed by atoms with van der Waals surface area (Å²) >= 11 is 1.31. The van der Waals surface area contributed by atoms with Gasteiger partial charge in [0.1, 0.15) is 6.10 Å². The molecule has 31 heavy (non-hydrogen) atoms. The van der Waals surface area contributed by atoms with Crippen LogP contribution in [0.5, 0.6) is 0 Å². The lowest BCUT2D eigenvalue weighted by atomic mass is 9.91. The van der Waals surface area contributed by atoms with Crippen molar-refractivity contribution < 1.29 is 19.4 Å². The number of hydrogen-bond donors (Lipinski definition) is 2. The average Bonchev–Trinajstić information content (AvgIpc) is 3.44. The number of ether oxygens (including phenoxy) is 1. The van der Waals surface area contributed by atoms with Gasteiger partial charge < -0.3 is 9.84 Å². The van der Waals surface area contributed by atoms with Gasteiger partial charge in [0.25, 0.3) is 0 Å². The molecule has 160 valence electrons. The minimum Gasteiger partial charge on any atom is -0.481 e. The Morgan fingerprint density at radius 1 is 1.16 bits per heavy atom. The number of carboxylic acids is 1. The van der Waals surface area contributed by atoms with Gasteiger partial charge in [0, 0.05) is 5.41 Å². The van der Waals surface area contributed by atoms with Crippen LogP contribution in [0.2, 0.25) is 0 Å². The Morgan fingerprint density at radius 3 is 2.45 bits per heavy atom. The first-order valence-corrected chi connectivity index (χ1v) is 11.0. The van der Waals surface area contributed by atoms with E-state index in [0.29, 0.717) is 5.69 Å². The second kappa shape index (κ2) is 8.51. The van der Waals surface area contributed by atoms with E-state index in [0.717, 1.165) is 40.1 Å². The molecule has 0 radical (unpaired) electrons. The van der Waals surface area contributed by atoms with Crippen molar-refractivity contribution in [3.63, 3.8) is 0 Å². The number of carboxylic acid groups (broad SMARTS) is 1. The largest absolute Gasteiger partial charge is 0.481 e. The molecule has 0 bridgehead atoms. The molecule has 7 heteroatoms. The molecule has 1 heterocycles. The molecule has 0 unspecified atom stereocenters. The Labute approximate surface area is 185 Å². The van der Waals surface area contributed by atoms with Crippen LogP contribution in [-0.4, -0.2) is 21.5 Å². The number of benzene rings is 2. The van der Waals surface area contributed by atoms with Gasteiger partial charge in [-0.15, -0.1) is 0 Å². The van der Waals surface area contributed by atoms with Crippen LogP contribution in [0.4, 0.5) is 10.5 Å². The second-order valence-corrected chi connectivity index (χ2v) is 8.76. The van der Waals surface area contributed by atoms with Crippen LogP contribution in [0.15, 0.2) is 54.6 Å². The first kappa shape index (κ1) is 21.1. The van der Waals surface area contributed by atoms with E-state index in [1.54, 1.807) is 0 Å². The Bertz CT molecular complexity index is 1090. The van der Waals surface area contributed by atoms with Crippen molar-refractivity contribution in [2.75, 3.05) is 5.32 Å². The van der Waals surface area contributed by atoms with Gasteiger partial charge in [-0.25, -0.2) is 4.79 Å². The molecular weight excluding hydrogens is 412 g/mol. The van der Waals surface area contributed by atoms with Gasteiger partial charge in [0.05, 0.1) is 22.7 Å². The van der Waals surface area contributed by atoms with E-state index in [4.69, 9.17) is 4.74 Å². The van der Waals surface area contributed by atoms with Gasteiger partial charge in [-0.2, -0.15) is 4.37 Å². The molecule has 1 amide bonds. The molecule has 1 aliphatic rings. The summed E-state index contributed by atoms with van der Waals surface area (Å²) in [5, 5.41) is 12.0. The van der Waals surface area contributed by atoms with Crippen molar-refractivity contribution in [1.29, 1.82) is 0 Å². The maximum absolute atomic E-state index is 12.5. The van der Waals surface area contributed by atoms with Crippen molar-refractivity contribution in [2.45, 2.75) is 44.6 Å². The molecule has 1 aromatic heterocycles. The third-order valence-corrected chi connectivity index (χ3v) is 6.73. The van der Waals surface area contributed by atoms with Crippen LogP contribution in [0.3, 0.4) is 0 Å². The van der Waals surface area contributed by atoms with Crippen LogP contribution in [0.1, 0.15) is 49.1 Å². The SMILES string of the molecule is Cc1nsc(-c2ccc(C3(CC(=O)O)CC3)cc2)c1NC(=O)O[C@H](C)c1ccccc1. The molecule has 6 nitrogen and oxygen atoms in total. The van der Waals surface area contributed by atoms with Crippen molar-refractivity contribution >= 4 is 29.3 Å². The number of carbonyl (C=O) groups is 2. The van der Waals surface area contributed by atoms with Gasteiger partial charge in [-0.1, -0.05) is 54.6 Å². The van der Waals surface area contributed by atoms with Crippen LogP contribution in [0, 0.1) is 6.92 Å². The first-order valence-electron chi connectivity index (χ1n) is 10.2. The predicted octanol–water partition coefficient (Wildman–Crippen LogP) is 5.93. The third-order valence-electron chi connectivity index (χ3n) is 5.75. The van der Waals surface area contributed by atoms with E-state index in [1.165, 1.54) is 11.5 Å². The van der Waals surface area contributed by atoms with Crippen molar-refractivity contribution in [3.8, 4) is 10.4 Å². The van der Waals surface area contributed by atoms with Crippen LogP contribution >= 0.6 is 11.5 Å². The number of rotatable bonds is 7. The number of amides is 1. The van der Waals surface area contributed by atoms with Gasteiger partial charge >= 0.3 is 12.1 Å². The smallest absolute Gasteiger partial charge is 0.412 e. The fourth-order valence-corrected chi connectivity index (χ4v) is 4.63. The first-order chi connectivity index (χ1) is 14.9. The number of hydrogen-bond acceptors (Lipinski definition) is 5. The molecule has 1 fully saturated rings. The van der Waals surface area contributed by atoms with E-state index in [1.807, 2.05) is 68.4 Å². The molecular formula is C24H24N2O4S. The Hall–Kier alpha value is -3.19. The van der Waals surface area contributed by atoms with Gasteiger partial charge in [-0.3, -0.25) is 10.1 Å². The Kier molecular flexibility index (Phi) is 5.78. The minimum atomic E-state index is -0.769. The summed E-state index contributed by atoms with van der Waals surface area (Å²) in [6.45, 7) is 3.68. The molecule has 1 aliphatic carbocycles. The lowest BCUT2D eigenvalue weighted by molar-refractivity contribution is -0.137. The molecule has 1 saturated carbocycles. The molecule has 4 rings (SSSR count). The van der Waals surface area contributed by atoms with E-state index in [9.17, 15) is 14.7 Å². The summed E-state index contributed by atoms with van der Waals surface area (Å²) < 4.78 is 9.94. The number of nitrogens with zero attached hydrogens (tertiary/aromatic N) is 1. The maximum Gasteiger partial charge on any atom is 0.412 e. The fraction of sp³-hybridized carbons (Fsp3) is 0.292. The van der Waals surface area contributed by atoms with Crippen molar-refractivity contribution in [1.82, 2.24) is 4.37 Å². The number of aryl methyl sites for hydroxylation is 1. The number of carbonyl (C=O) groups excluding carboxylic acids is 1.